The van der Waals surface area contributed by atoms with Crippen molar-refractivity contribution in [1.29, 1.82) is 0 Å². The minimum Gasteiger partial charge on any atom is -0.349 e. The Bertz CT molecular complexity index is 1030. The summed E-state index contributed by atoms with van der Waals surface area (Å²) in [6.07, 6.45) is 1.46. The predicted molar refractivity (Wildman–Crippen MR) is 115 cm³/mol. The normalized spacial score (nSPS) is 16.4. The molecule has 0 atom stereocenters. The average molecular weight is 419 g/mol. The molecule has 0 aromatic heterocycles. The Morgan fingerprint density at radius 1 is 0.968 bits per heavy atom. The van der Waals surface area contributed by atoms with Gasteiger partial charge in [-0.1, -0.05) is 29.8 Å². The van der Waals surface area contributed by atoms with Gasteiger partial charge in [0.2, 0.25) is 5.91 Å². The Morgan fingerprint density at radius 3 is 2.35 bits per heavy atom. The Hall–Kier alpha value is -3.48. The van der Waals surface area contributed by atoms with Gasteiger partial charge in [-0.05, 0) is 44.0 Å². The van der Waals surface area contributed by atoms with Crippen LogP contribution in [0.3, 0.4) is 0 Å². The molecule has 2 aromatic carbocycles. The number of hydrogen-bond donors (Lipinski definition) is 1. The molecule has 2 aromatic rings. The van der Waals surface area contributed by atoms with Gasteiger partial charge >= 0.3 is 0 Å². The number of carbonyl (C=O) groups excluding carboxylic acids is 4. The van der Waals surface area contributed by atoms with Gasteiger partial charge in [0.1, 0.15) is 0 Å². The van der Waals surface area contributed by atoms with E-state index in [2.05, 4.69) is 5.32 Å². The lowest BCUT2D eigenvalue weighted by Gasteiger charge is -2.32. The summed E-state index contributed by atoms with van der Waals surface area (Å²) in [5.74, 6) is -0.860. The van der Waals surface area contributed by atoms with E-state index in [-0.39, 0.29) is 42.6 Å². The number of piperidine rings is 1. The van der Waals surface area contributed by atoms with Gasteiger partial charge in [-0.25, -0.2) is 0 Å². The van der Waals surface area contributed by atoms with Crippen molar-refractivity contribution in [3.05, 3.63) is 70.8 Å². The molecule has 160 valence electrons. The highest BCUT2D eigenvalue weighted by Crippen LogP contribution is 2.24. The van der Waals surface area contributed by atoms with Crippen LogP contribution in [0.5, 0.6) is 0 Å². The summed E-state index contributed by atoms with van der Waals surface area (Å²) in [7, 11) is 0. The van der Waals surface area contributed by atoms with Crippen LogP contribution in [-0.2, 0) is 4.79 Å². The lowest BCUT2D eigenvalue weighted by atomic mass is 10.0. The van der Waals surface area contributed by atoms with E-state index in [1.807, 2.05) is 25.1 Å². The predicted octanol–water partition coefficient (Wildman–Crippen LogP) is 2.40. The number of benzene rings is 2. The van der Waals surface area contributed by atoms with Crippen molar-refractivity contribution in [2.45, 2.75) is 32.2 Å². The molecule has 1 fully saturated rings. The van der Waals surface area contributed by atoms with Crippen molar-refractivity contribution in [1.82, 2.24) is 15.1 Å². The molecule has 4 rings (SSSR count). The van der Waals surface area contributed by atoms with Gasteiger partial charge < -0.3 is 10.2 Å². The molecule has 31 heavy (non-hydrogen) atoms. The third kappa shape index (κ3) is 4.35. The average Bonchev–Trinajstić information content (AvgIpc) is 3.02. The van der Waals surface area contributed by atoms with E-state index in [1.54, 1.807) is 35.2 Å². The first-order chi connectivity index (χ1) is 14.9. The molecule has 0 saturated carbocycles. The molecular weight excluding hydrogens is 394 g/mol. The maximum atomic E-state index is 12.6. The topological polar surface area (TPSA) is 86.8 Å². The molecule has 0 aliphatic carbocycles. The molecule has 2 heterocycles. The first kappa shape index (κ1) is 20.8. The Labute approximate surface area is 181 Å². The number of hydrogen-bond acceptors (Lipinski definition) is 4. The first-order valence-electron chi connectivity index (χ1n) is 10.5. The lowest BCUT2D eigenvalue weighted by molar-refractivity contribution is -0.132. The van der Waals surface area contributed by atoms with Crippen LogP contribution in [0.1, 0.15) is 55.9 Å². The number of imide groups is 1. The monoisotopic (exact) mass is 419 g/mol. The van der Waals surface area contributed by atoms with Gasteiger partial charge in [0.15, 0.2) is 0 Å². The molecule has 2 aliphatic rings. The molecule has 4 amide bonds. The van der Waals surface area contributed by atoms with Gasteiger partial charge in [-0.15, -0.1) is 0 Å². The van der Waals surface area contributed by atoms with Crippen LogP contribution in [0.25, 0.3) is 0 Å². The smallest absolute Gasteiger partial charge is 0.261 e. The van der Waals surface area contributed by atoms with Crippen LogP contribution >= 0.6 is 0 Å². The number of nitrogens with zero attached hydrogens (tertiary/aromatic N) is 2. The second kappa shape index (κ2) is 8.71. The fraction of sp³-hybridized carbons (Fsp3) is 0.333. The Kier molecular flexibility index (Phi) is 5.84. The Balaban J connectivity index is 1.26. The van der Waals surface area contributed by atoms with Crippen LogP contribution in [0.2, 0.25) is 0 Å². The van der Waals surface area contributed by atoms with Crippen LogP contribution in [0.15, 0.2) is 48.5 Å². The molecule has 0 bridgehead atoms. The number of carbonyl (C=O) groups is 4. The number of rotatable bonds is 5. The highest BCUT2D eigenvalue weighted by Gasteiger charge is 2.36. The van der Waals surface area contributed by atoms with Crippen molar-refractivity contribution in [3.8, 4) is 0 Å². The number of fused-ring (bicyclic) bond motifs is 1. The quantitative estimate of drug-likeness (QED) is 0.754. The summed E-state index contributed by atoms with van der Waals surface area (Å²) in [4.78, 5) is 52.9. The minimum atomic E-state index is -0.338. The van der Waals surface area contributed by atoms with Gasteiger partial charge in [0.05, 0.1) is 11.1 Å². The fourth-order valence-electron chi connectivity index (χ4n) is 4.10. The molecule has 7 heteroatoms. The zero-order valence-corrected chi connectivity index (χ0v) is 17.5. The second-order valence-corrected chi connectivity index (χ2v) is 8.06. The number of nitrogens with one attached hydrogen (secondary N) is 1. The molecule has 1 saturated heterocycles. The van der Waals surface area contributed by atoms with Crippen molar-refractivity contribution >= 4 is 23.6 Å². The maximum Gasteiger partial charge on any atom is 0.261 e. The van der Waals surface area contributed by atoms with Gasteiger partial charge in [-0.3, -0.25) is 24.1 Å². The summed E-state index contributed by atoms with van der Waals surface area (Å²) in [5.41, 5.74) is 2.35. The summed E-state index contributed by atoms with van der Waals surface area (Å²) in [6, 6.07) is 14.3. The standard InChI is InChI=1S/C24H25N3O4/c1-16-7-8-19-20(15-16)24(31)27(23(19)30)14-11-21(28)26-12-9-18(10-13-26)25-22(29)17-5-3-2-4-6-17/h2-8,15,18H,9-14H2,1H3,(H,25,29). The highest BCUT2D eigenvalue weighted by atomic mass is 16.2. The molecule has 7 nitrogen and oxygen atoms in total. The summed E-state index contributed by atoms with van der Waals surface area (Å²) >= 11 is 0. The van der Waals surface area contributed by atoms with E-state index in [1.165, 1.54) is 0 Å². The van der Waals surface area contributed by atoms with E-state index in [0.717, 1.165) is 10.5 Å². The SMILES string of the molecule is Cc1ccc2c(c1)C(=O)N(CCC(=O)N1CCC(NC(=O)c3ccccc3)CC1)C2=O. The fourth-order valence-corrected chi connectivity index (χ4v) is 4.10. The molecular formula is C24H25N3O4. The molecule has 1 N–H and O–H groups in total. The summed E-state index contributed by atoms with van der Waals surface area (Å²) < 4.78 is 0. The second-order valence-electron chi connectivity index (χ2n) is 8.06. The summed E-state index contributed by atoms with van der Waals surface area (Å²) in [6.45, 7) is 3.03. The summed E-state index contributed by atoms with van der Waals surface area (Å²) in [5, 5.41) is 3.02. The van der Waals surface area contributed by atoms with Gasteiger partial charge in [0, 0.05) is 37.7 Å². The van der Waals surface area contributed by atoms with Crippen molar-refractivity contribution in [3.63, 3.8) is 0 Å². The molecule has 0 unspecified atom stereocenters. The first-order valence-corrected chi connectivity index (χ1v) is 10.5. The van der Waals surface area contributed by atoms with Crippen molar-refractivity contribution in [2.75, 3.05) is 19.6 Å². The van der Waals surface area contributed by atoms with E-state index in [0.29, 0.717) is 42.6 Å². The van der Waals surface area contributed by atoms with E-state index in [9.17, 15) is 19.2 Å². The zero-order chi connectivity index (χ0) is 22.0. The highest BCUT2D eigenvalue weighted by molar-refractivity contribution is 6.21. The molecule has 0 radical (unpaired) electrons. The molecule has 2 aliphatic heterocycles. The minimum absolute atomic E-state index is 0.0243. The third-order valence-electron chi connectivity index (χ3n) is 5.89. The van der Waals surface area contributed by atoms with Gasteiger partial charge in [-0.2, -0.15) is 0 Å². The lowest BCUT2D eigenvalue weighted by Crippen LogP contribution is -2.47. The van der Waals surface area contributed by atoms with Crippen LogP contribution in [-0.4, -0.2) is 59.1 Å². The van der Waals surface area contributed by atoms with Crippen LogP contribution in [0.4, 0.5) is 0 Å². The largest absolute Gasteiger partial charge is 0.349 e. The van der Waals surface area contributed by atoms with E-state index >= 15 is 0 Å². The van der Waals surface area contributed by atoms with Crippen LogP contribution in [0, 0.1) is 6.92 Å². The zero-order valence-electron chi connectivity index (χ0n) is 17.5. The number of amides is 4. The van der Waals surface area contributed by atoms with E-state index in [4.69, 9.17) is 0 Å². The number of aryl methyl sites for hydroxylation is 1. The maximum absolute atomic E-state index is 12.6. The van der Waals surface area contributed by atoms with Gasteiger partial charge in [0.25, 0.3) is 17.7 Å². The van der Waals surface area contributed by atoms with Crippen molar-refractivity contribution in [2.24, 2.45) is 0 Å². The molecule has 0 spiro atoms. The van der Waals surface area contributed by atoms with E-state index < -0.39 is 0 Å². The van der Waals surface area contributed by atoms with Crippen molar-refractivity contribution < 1.29 is 19.2 Å². The van der Waals surface area contributed by atoms with Crippen LogP contribution < -0.4 is 5.32 Å². The third-order valence-corrected chi connectivity index (χ3v) is 5.89. The Morgan fingerprint density at radius 2 is 1.65 bits per heavy atom. The number of likely N-dealkylation sites (tertiary alicyclic amines) is 1.